The molecule has 9 saturated heterocycles. The third kappa shape index (κ3) is 13.8. The summed E-state index contributed by atoms with van der Waals surface area (Å²) >= 11 is 0. The Morgan fingerprint density at radius 3 is 2.19 bits per heavy atom. The number of aliphatic hydroxyl groups is 3. The average Bonchev–Trinajstić information content (AvgIpc) is 0.867. The summed E-state index contributed by atoms with van der Waals surface area (Å²) in [5.74, 6) is -2.58. The van der Waals surface area contributed by atoms with E-state index in [-0.39, 0.29) is 129 Å². The minimum atomic E-state index is -1.09. The molecule has 0 aromatic carbocycles. The maximum Gasteiger partial charge on any atom is 0.306 e. The Bertz CT molecular complexity index is 2420. The predicted octanol–water partition coefficient (Wildman–Crippen LogP) is 7.89. The van der Waals surface area contributed by atoms with Gasteiger partial charge in [0.1, 0.15) is 17.8 Å². The number of carboxylic acids is 2. The maximum absolute atomic E-state index is 12.5. The van der Waals surface area contributed by atoms with E-state index in [4.69, 9.17) is 57.2 Å². The van der Waals surface area contributed by atoms with Gasteiger partial charge in [-0.1, -0.05) is 65.0 Å². The molecule has 10 aliphatic heterocycles. The molecule has 19 nitrogen and oxygen atoms in total. The molecule has 10 rings (SSSR count). The molecule has 10 aliphatic rings. The first kappa shape index (κ1) is 64.1. The standard InChI is InChI=1S/C65H100O19/c1-33(19-35(3)31-74-57(72)22-34(2)21-55(68)69)20-46-37(5)24-52-62(8,83-46)30-50-60(80-52)61(73)65(11)54(78-50)29-49-59(84-65)36(4)13-12-14-44-43(76-49)17-18-51-63(9,81-44)32-64(10)53(79-51)28-48-45(82-64)16-15-42(67)47(77-48)27-40(66)26-41-23-38(6)58(75-41)39(7)25-56(70)71/h12-13,19,34-36,38-54,58-61,66-67,73H,5,14-18,20-32H2,1-4,6-11H3,(H,68,69)(H,70,71)/b13-12-,33-19+/t34-,35-,36+,38-,39+,40-,41+,42-,43+,44-,45+,46-,47+,48-,49-,50-,51-,52-,53+,54+,58+,59+,60-,61+,62+,63+,64-,65+/m1/s1. The highest BCUT2D eigenvalue weighted by Crippen LogP contribution is 2.54. The van der Waals surface area contributed by atoms with Crippen LogP contribution >= 0.6 is 0 Å². The lowest BCUT2D eigenvalue weighted by Crippen LogP contribution is -2.74. The summed E-state index contributed by atoms with van der Waals surface area (Å²) in [4.78, 5) is 34.9. The van der Waals surface area contributed by atoms with Gasteiger partial charge in [-0.15, -0.1) is 0 Å². The molecular formula is C65H100O19. The van der Waals surface area contributed by atoms with Gasteiger partial charge in [0.2, 0.25) is 0 Å². The van der Waals surface area contributed by atoms with Crippen LogP contribution in [0.3, 0.4) is 0 Å². The van der Waals surface area contributed by atoms with E-state index in [2.05, 4.69) is 59.4 Å². The summed E-state index contributed by atoms with van der Waals surface area (Å²) in [6.45, 7) is 24.8. The highest BCUT2D eigenvalue weighted by Gasteiger charge is 2.65. The molecule has 10 heterocycles. The molecule has 19 heteroatoms. The van der Waals surface area contributed by atoms with Crippen LogP contribution in [0, 0.1) is 29.6 Å². The molecule has 0 saturated carbocycles. The van der Waals surface area contributed by atoms with Gasteiger partial charge < -0.3 is 77.6 Å². The van der Waals surface area contributed by atoms with Crippen molar-refractivity contribution in [1.29, 1.82) is 0 Å². The van der Waals surface area contributed by atoms with Crippen LogP contribution in [0.4, 0.5) is 0 Å². The Morgan fingerprint density at radius 1 is 0.726 bits per heavy atom. The smallest absolute Gasteiger partial charge is 0.306 e. The summed E-state index contributed by atoms with van der Waals surface area (Å²) in [5.41, 5.74) is -1.26. The van der Waals surface area contributed by atoms with Crippen LogP contribution in [0.5, 0.6) is 0 Å². The Morgan fingerprint density at radius 2 is 1.44 bits per heavy atom. The maximum atomic E-state index is 12.5. The lowest BCUT2D eigenvalue weighted by Gasteiger charge is -2.61. The number of rotatable bonds is 16. The van der Waals surface area contributed by atoms with Gasteiger partial charge >= 0.3 is 17.9 Å². The van der Waals surface area contributed by atoms with Gasteiger partial charge in [0.15, 0.2) is 0 Å². The summed E-state index contributed by atoms with van der Waals surface area (Å²) in [6.07, 6.45) is 5.79. The molecule has 0 radical (unpaired) electrons. The van der Waals surface area contributed by atoms with Crippen LogP contribution in [0.25, 0.3) is 0 Å². The zero-order valence-corrected chi connectivity index (χ0v) is 51.5. The minimum Gasteiger partial charge on any atom is -0.481 e. The monoisotopic (exact) mass is 1180 g/mol. The molecule has 0 unspecified atom stereocenters. The lowest BCUT2D eigenvalue weighted by atomic mass is 9.72. The molecule has 28 atom stereocenters. The van der Waals surface area contributed by atoms with Crippen LogP contribution in [0.15, 0.2) is 36.0 Å². The number of hydrogen-bond donors (Lipinski definition) is 5. The quantitative estimate of drug-likeness (QED) is 0.0727. The van der Waals surface area contributed by atoms with Crippen molar-refractivity contribution in [2.45, 2.75) is 317 Å². The van der Waals surface area contributed by atoms with Crippen molar-refractivity contribution in [3.05, 3.63) is 36.0 Å². The van der Waals surface area contributed by atoms with E-state index in [1.165, 1.54) is 0 Å². The normalized spacial score (nSPS) is 47.6. The highest BCUT2D eigenvalue weighted by molar-refractivity contribution is 5.72. The second-order valence-corrected chi connectivity index (χ2v) is 28.7. The highest BCUT2D eigenvalue weighted by atomic mass is 16.7. The molecule has 9 fully saturated rings. The second-order valence-electron chi connectivity index (χ2n) is 28.7. The average molecular weight is 1190 g/mol. The Labute approximate surface area is 497 Å². The summed E-state index contributed by atoms with van der Waals surface area (Å²) in [7, 11) is 0. The summed E-state index contributed by atoms with van der Waals surface area (Å²) in [5, 5.41) is 53.8. The van der Waals surface area contributed by atoms with Crippen LogP contribution in [0.1, 0.15) is 178 Å². The second kappa shape index (κ2) is 25.5. The summed E-state index contributed by atoms with van der Waals surface area (Å²) < 4.78 is 75.5. The predicted molar refractivity (Wildman–Crippen MR) is 306 cm³/mol. The van der Waals surface area contributed by atoms with Crippen molar-refractivity contribution in [2.75, 3.05) is 6.61 Å². The van der Waals surface area contributed by atoms with Gasteiger partial charge in [-0.25, -0.2) is 0 Å². The fourth-order valence-electron chi connectivity index (χ4n) is 16.7. The van der Waals surface area contributed by atoms with Gasteiger partial charge in [-0.2, -0.15) is 0 Å². The van der Waals surface area contributed by atoms with Crippen molar-refractivity contribution in [3.63, 3.8) is 0 Å². The topological polar surface area (TPSA) is 254 Å². The van der Waals surface area contributed by atoms with E-state index in [0.717, 1.165) is 17.6 Å². The molecule has 84 heavy (non-hydrogen) atoms. The van der Waals surface area contributed by atoms with E-state index in [9.17, 15) is 34.8 Å². The fraction of sp³-hybridized carbons (Fsp3) is 0.862. The molecule has 0 aliphatic carbocycles. The first-order chi connectivity index (χ1) is 39.6. The van der Waals surface area contributed by atoms with Crippen molar-refractivity contribution in [3.8, 4) is 0 Å². The van der Waals surface area contributed by atoms with Crippen LogP contribution < -0.4 is 0 Å². The molecule has 474 valence electrons. The summed E-state index contributed by atoms with van der Waals surface area (Å²) in [6, 6.07) is 0. The van der Waals surface area contributed by atoms with Gasteiger partial charge in [-0.3, -0.25) is 14.4 Å². The number of ether oxygens (including phenoxy) is 11. The van der Waals surface area contributed by atoms with Crippen molar-refractivity contribution in [1.82, 2.24) is 0 Å². The van der Waals surface area contributed by atoms with Crippen LogP contribution in [-0.4, -0.2) is 188 Å². The number of esters is 1. The molecule has 0 aromatic rings. The number of hydrogen-bond acceptors (Lipinski definition) is 17. The van der Waals surface area contributed by atoms with Gasteiger partial charge in [0, 0.05) is 56.8 Å². The third-order valence-electron chi connectivity index (χ3n) is 21.1. The Kier molecular flexibility index (Phi) is 19.5. The van der Waals surface area contributed by atoms with E-state index >= 15 is 0 Å². The van der Waals surface area contributed by atoms with E-state index in [1.807, 2.05) is 27.7 Å². The molecule has 0 spiro atoms. The molecule has 5 N–H and O–H groups in total. The fourth-order valence-corrected chi connectivity index (χ4v) is 16.7. The van der Waals surface area contributed by atoms with Crippen molar-refractivity contribution >= 4 is 17.9 Å². The largest absolute Gasteiger partial charge is 0.481 e. The third-order valence-corrected chi connectivity index (χ3v) is 21.1. The minimum absolute atomic E-state index is 0.0345. The first-order valence-corrected chi connectivity index (χ1v) is 31.9. The molecule has 0 bridgehead atoms. The number of carbonyl (C=O) groups is 3. The number of carbonyl (C=O) groups excluding carboxylic acids is 1. The SMILES string of the molecule is C=C1C[C@H]2O[C@@H]3[C@@H](C[C@]2(C)O[C@@H]1C/C(C)=C/[C@@H](C)COC(=O)C[C@H](C)CC(=O)O)O[C@H]1C[C@H]2O[C@H]4CC[C@H]5O[C@H]6C[C@H]7O[C@@H](C[C@H](O)C[C@@H]8C[C@@H](C)[C@@H]([C@@H](C)CC(=O)O)O8)[C@H](O)CC[C@@H]7O[C@]6(C)C[C@]5(C)O[C@@H]4C/C=C\[C@H](C)[C@@H]2O[C@]1(C)[C@H]3O. The Balaban J connectivity index is 0.759. The van der Waals surface area contributed by atoms with E-state index < -0.39 is 89.1 Å². The van der Waals surface area contributed by atoms with Crippen molar-refractivity contribution < 1.29 is 92.0 Å². The van der Waals surface area contributed by atoms with E-state index in [0.29, 0.717) is 77.0 Å². The first-order valence-electron chi connectivity index (χ1n) is 31.9. The van der Waals surface area contributed by atoms with E-state index in [1.54, 1.807) is 6.92 Å². The lowest BCUT2D eigenvalue weighted by molar-refractivity contribution is -0.369. The van der Waals surface area contributed by atoms with Crippen molar-refractivity contribution in [2.24, 2.45) is 29.6 Å². The number of aliphatic hydroxyl groups excluding tert-OH is 3. The number of fused-ring (bicyclic) bond motifs is 8. The van der Waals surface area contributed by atoms with Gasteiger partial charge in [0.05, 0.1) is 134 Å². The van der Waals surface area contributed by atoms with Crippen LogP contribution in [-0.2, 0) is 66.5 Å². The Hall–Kier alpha value is -2.89. The number of carboxylic acid groups (broad SMARTS) is 2. The zero-order chi connectivity index (χ0) is 60.4. The van der Waals surface area contributed by atoms with Gasteiger partial charge in [0.25, 0.3) is 0 Å². The molecular weight excluding hydrogens is 1080 g/mol. The van der Waals surface area contributed by atoms with Crippen LogP contribution in [0.2, 0.25) is 0 Å². The molecule has 0 aromatic heterocycles. The zero-order valence-electron chi connectivity index (χ0n) is 51.5. The molecule has 0 amide bonds. The van der Waals surface area contributed by atoms with Gasteiger partial charge in [-0.05, 0) is 116 Å². The number of aliphatic carboxylic acids is 2.